The van der Waals surface area contributed by atoms with Crippen LogP contribution in [0, 0.1) is 5.82 Å². The van der Waals surface area contributed by atoms with Gasteiger partial charge in [-0.05, 0) is 32.0 Å². The summed E-state index contributed by atoms with van der Waals surface area (Å²) >= 11 is 0. The van der Waals surface area contributed by atoms with Crippen molar-refractivity contribution in [3.8, 4) is 0 Å². The zero-order valence-electron chi connectivity index (χ0n) is 9.61. The van der Waals surface area contributed by atoms with Crippen molar-refractivity contribution in [2.24, 2.45) is 0 Å². The fourth-order valence-electron chi connectivity index (χ4n) is 2.03. The molecule has 1 aromatic rings. The Bertz CT molecular complexity index is 383. The number of morpholine rings is 1. The zero-order valence-corrected chi connectivity index (χ0v) is 9.61. The molecule has 1 fully saturated rings. The minimum Gasteiger partial charge on any atom is -0.397 e. The molecule has 2 N–H and O–H groups in total. The van der Waals surface area contributed by atoms with Crippen LogP contribution in [0.25, 0.3) is 0 Å². The van der Waals surface area contributed by atoms with Crippen molar-refractivity contribution in [2.75, 3.05) is 23.8 Å². The van der Waals surface area contributed by atoms with E-state index in [1.54, 1.807) is 6.07 Å². The molecular formula is C12H17FN2O. The monoisotopic (exact) mass is 224 g/mol. The molecule has 1 saturated heterocycles. The number of nitrogen functional groups attached to an aromatic ring is 1. The first-order valence-electron chi connectivity index (χ1n) is 5.51. The number of nitrogens with two attached hydrogens (primary N) is 1. The first kappa shape index (κ1) is 11.2. The van der Waals surface area contributed by atoms with Crippen LogP contribution in [0.2, 0.25) is 0 Å². The summed E-state index contributed by atoms with van der Waals surface area (Å²) in [5, 5.41) is 0. The lowest BCUT2D eigenvalue weighted by atomic mass is 10.1. The third-order valence-electron chi connectivity index (χ3n) is 2.91. The Kier molecular flexibility index (Phi) is 3.01. The molecule has 88 valence electrons. The van der Waals surface area contributed by atoms with Crippen LogP contribution in [0.15, 0.2) is 18.2 Å². The molecule has 2 unspecified atom stereocenters. The fraction of sp³-hybridized carbons (Fsp3) is 0.500. The molecule has 0 aliphatic carbocycles. The number of benzene rings is 1. The molecule has 0 amide bonds. The van der Waals surface area contributed by atoms with Gasteiger partial charge in [0.25, 0.3) is 0 Å². The van der Waals surface area contributed by atoms with Gasteiger partial charge in [0.15, 0.2) is 0 Å². The van der Waals surface area contributed by atoms with Gasteiger partial charge in [0.1, 0.15) is 5.82 Å². The van der Waals surface area contributed by atoms with Gasteiger partial charge in [-0.1, -0.05) is 0 Å². The summed E-state index contributed by atoms with van der Waals surface area (Å²) in [7, 11) is 0. The van der Waals surface area contributed by atoms with E-state index in [2.05, 4.69) is 11.8 Å². The highest BCUT2D eigenvalue weighted by atomic mass is 19.1. The van der Waals surface area contributed by atoms with Crippen molar-refractivity contribution in [1.29, 1.82) is 0 Å². The van der Waals surface area contributed by atoms with E-state index in [1.807, 2.05) is 6.92 Å². The molecule has 1 aliphatic rings. The molecule has 16 heavy (non-hydrogen) atoms. The van der Waals surface area contributed by atoms with E-state index in [-0.39, 0.29) is 18.0 Å². The molecule has 0 radical (unpaired) electrons. The summed E-state index contributed by atoms with van der Waals surface area (Å²) in [4.78, 5) is 2.17. The third-order valence-corrected chi connectivity index (χ3v) is 2.91. The second-order valence-electron chi connectivity index (χ2n) is 4.35. The molecular weight excluding hydrogens is 207 g/mol. The Hall–Kier alpha value is -1.29. The molecule has 1 aliphatic heterocycles. The van der Waals surface area contributed by atoms with Crippen LogP contribution in [-0.2, 0) is 4.74 Å². The van der Waals surface area contributed by atoms with E-state index in [0.717, 1.165) is 12.2 Å². The van der Waals surface area contributed by atoms with E-state index in [4.69, 9.17) is 10.5 Å². The Balaban J connectivity index is 2.28. The summed E-state index contributed by atoms with van der Waals surface area (Å²) in [5.41, 5.74) is 7.22. The summed E-state index contributed by atoms with van der Waals surface area (Å²) in [6.45, 7) is 5.57. The molecule has 2 rings (SSSR count). The van der Waals surface area contributed by atoms with Crippen LogP contribution >= 0.6 is 0 Å². The maximum atomic E-state index is 13.0. The van der Waals surface area contributed by atoms with Crippen LogP contribution in [-0.4, -0.2) is 25.3 Å². The number of hydrogen-bond acceptors (Lipinski definition) is 3. The number of anilines is 2. The predicted octanol–water partition coefficient (Wildman–Crippen LogP) is 2.02. The standard InChI is InChI=1S/C12H17FN2O/c1-8-7-16-9(2)6-15(8)12-4-3-10(13)5-11(12)14/h3-5,8-9H,6-7,14H2,1-2H3. The maximum Gasteiger partial charge on any atom is 0.125 e. The Morgan fingerprint density at radius 1 is 1.44 bits per heavy atom. The van der Waals surface area contributed by atoms with Gasteiger partial charge < -0.3 is 15.4 Å². The lowest BCUT2D eigenvalue weighted by molar-refractivity contribution is 0.0344. The minimum atomic E-state index is -0.296. The van der Waals surface area contributed by atoms with Gasteiger partial charge in [-0.3, -0.25) is 0 Å². The van der Waals surface area contributed by atoms with Gasteiger partial charge in [0.05, 0.1) is 24.1 Å². The van der Waals surface area contributed by atoms with E-state index >= 15 is 0 Å². The molecule has 0 saturated carbocycles. The Morgan fingerprint density at radius 2 is 2.19 bits per heavy atom. The van der Waals surface area contributed by atoms with E-state index < -0.39 is 0 Å². The molecule has 0 bridgehead atoms. The van der Waals surface area contributed by atoms with Gasteiger partial charge in [-0.2, -0.15) is 0 Å². The van der Waals surface area contributed by atoms with Crippen LogP contribution in [0.5, 0.6) is 0 Å². The molecule has 0 spiro atoms. The summed E-state index contributed by atoms with van der Waals surface area (Å²) < 4.78 is 18.5. The van der Waals surface area contributed by atoms with Gasteiger partial charge in [-0.25, -0.2) is 4.39 Å². The summed E-state index contributed by atoms with van der Waals surface area (Å²) in [6.07, 6.45) is 0.181. The minimum absolute atomic E-state index is 0.181. The molecule has 2 atom stereocenters. The molecule has 3 nitrogen and oxygen atoms in total. The van der Waals surface area contributed by atoms with Crippen LogP contribution in [0.4, 0.5) is 15.8 Å². The first-order chi connectivity index (χ1) is 7.58. The maximum absolute atomic E-state index is 13.0. The van der Waals surface area contributed by atoms with Crippen LogP contribution in [0.3, 0.4) is 0 Å². The molecule has 1 aromatic carbocycles. The average Bonchev–Trinajstić information content (AvgIpc) is 2.22. The van der Waals surface area contributed by atoms with Gasteiger partial charge in [0, 0.05) is 12.6 Å². The Morgan fingerprint density at radius 3 is 2.88 bits per heavy atom. The quantitative estimate of drug-likeness (QED) is 0.742. The number of hydrogen-bond donors (Lipinski definition) is 1. The van der Waals surface area contributed by atoms with Crippen molar-refractivity contribution in [3.05, 3.63) is 24.0 Å². The molecule has 1 heterocycles. The highest BCUT2D eigenvalue weighted by Gasteiger charge is 2.24. The molecule has 4 heteroatoms. The lowest BCUT2D eigenvalue weighted by Gasteiger charge is -2.39. The van der Waals surface area contributed by atoms with Crippen molar-refractivity contribution in [2.45, 2.75) is 26.0 Å². The van der Waals surface area contributed by atoms with Gasteiger partial charge in [-0.15, -0.1) is 0 Å². The van der Waals surface area contributed by atoms with E-state index in [9.17, 15) is 4.39 Å². The largest absolute Gasteiger partial charge is 0.397 e. The second kappa shape index (κ2) is 4.29. The molecule has 0 aromatic heterocycles. The van der Waals surface area contributed by atoms with Crippen LogP contribution < -0.4 is 10.6 Å². The number of rotatable bonds is 1. The van der Waals surface area contributed by atoms with Crippen molar-refractivity contribution in [3.63, 3.8) is 0 Å². The fourth-order valence-corrected chi connectivity index (χ4v) is 2.03. The predicted molar refractivity (Wildman–Crippen MR) is 63.0 cm³/mol. The smallest absolute Gasteiger partial charge is 0.125 e. The Labute approximate surface area is 95.0 Å². The highest BCUT2D eigenvalue weighted by molar-refractivity contribution is 5.68. The topological polar surface area (TPSA) is 38.5 Å². The first-order valence-corrected chi connectivity index (χ1v) is 5.51. The number of halogens is 1. The summed E-state index contributed by atoms with van der Waals surface area (Å²) in [5.74, 6) is -0.296. The highest BCUT2D eigenvalue weighted by Crippen LogP contribution is 2.28. The summed E-state index contributed by atoms with van der Waals surface area (Å²) in [6, 6.07) is 4.81. The van der Waals surface area contributed by atoms with Gasteiger partial charge in [0.2, 0.25) is 0 Å². The zero-order chi connectivity index (χ0) is 11.7. The second-order valence-corrected chi connectivity index (χ2v) is 4.35. The number of ether oxygens (including phenoxy) is 1. The normalized spacial score (nSPS) is 25.8. The average molecular weight is 224 g/mol. The van der Waals surface area contributed by atoms with Gasteiger partial charge >= 0.3 is 0 Å². The van der Waals surface area contributed by atoms with E-state index in [0.29, 0.717) is 12.3 Å². The SMILES string of the molecule is CC1CN(c2ccc(F)cc2N)C(C)CO1. The van der Waals surface area contributed by atoms with Crippen molar-refractivity contribution >= 4 is 11.4 Å². The lowest BCUT2D eigenvalue weighted by Crippen LogP contribution is -2.47. The third kappa shape index (κ3) is 2.11. The number of nitrogens with zero attached hydrogens (tertiary/aromatic N) is 1. The van der Waals surface area contributed by atoms with Crippen molar-refractivity contribution < 1.29 is 9.13 Å². The van der Waals surface area contributed by atoms with Crippen molar-refractivity contribution in [1.82, 2.24) is 0 Å². The van der Waals surface area contributed by atoms with Crippen LogP contribution in [0.1, 0.15) is 13.8 Å². The van der Waals surface area contributed by atoms with E-state index in [1.165, 1.54) is 12.1 Å².